The Bertz CT molecular complexity index is 613. The van der Waals surface area contributed by atoms with E-state index in [0.717, 1.165) is 45.0 Å². The van der Waals surface area contributed by atoms with Gasteiger partial charge >= 0.3 is 0 Å². The fourth-order valence-corrected chi connectivity index (χ4v) is 3.62. The molecule has 0 radical (unpaired) electrons. The zero-order valence-corrected chi connectivity index (χ0v) is 18.3. The Balaban J connectivity index is 0.00000261. The van der Waals surface area contributed by atoms with Crippen molar-refractivity contribution in [2.75, 3.05) is 44.7 Å². The highest BCUT2D eigenvalue weighted by Crippen LogP contribution is 2.21. The van der Waals surface area contributed by atoms with E-state index < -0.39 is 0 Å². The maximum atomic E-state index is 12.4. The average molecular weight is 487 g/mol. The van der Waals surface area contributed by atoms with Crippen molar-refractivity contribution in [1.82, 2.24) is 19.8 Å². The highest BCUT2D eigenvalue weighted by atomic mass is 127. The second-order valence-corrected chi connectivity index (χ2v) is 6.99. The zero-order valence-electron chi connectivity index (χ0n) is 16.0. The monoisotopic (exact) mass is 487 g/mol. The van der Waals surface area contributed by atoms with E-state index in [-0.39, 0.29) is 36.4 Å². The van der Waals surface area contributed by atoms with Gasteiger partial charge in [-0.25, -0.2) is 15.0 Å². The number of likely N-dealkylation sites (N-methyl/N-ethyl adjacent to an activating group) is 1. The van der Waals surface area contributed by atoms with Crippen LogP contribution < -0.4 is 10.6 Å². The van der Waals surface area contributed by atoms with Crippen molar-refractivity contribution in [1.29, 1.82) is 0 Å². The van der Waals surface area contributed by atoms with Gasteiger partial charge in [0.2, 0.25) is 11.9 Å². The fraction of sp³-hybridized carbons (Fsp3) is 0.667. The molecule has 9 heteroatoms. The number of halogens is 1. The number of nitrogens with two attached hydrogens (primary N) is 1. The van der Waals surface area contributed by atoms with Crippen LogP contribution in [0.25, 0.3) is 0 Å². The molecule has 27 heavy (non-hydrogen) atoms. The van der Waals surface area contributed by atoms with E-state index in [1.54, 1.807) is 12.4 Å². The molecule has 0 bridgehead atoms. The molecule has 150 valence electrons. The second kappa shape index (κ2) is 10.6. The summed E-state index contributed by atoms with van der Waals surface area (Å²) in [7, 11) is 1.89. The van der Waals surface area contributed by atoms with Gasteiger partial charge in [0.1, 0.15) is 6.54 Å². The average Bonchev–Trinajstić information content (AvgIpc) is 2.72. The molecule has 8 nitrogen and oxygen atoms in total. The first-order valence-corrected chi connectivity index (χ1v) is 9.47. The molecule has 0 unspecified atom stereocenters. The van der Waals surface area contributed by atoms with E-state index in [2.05, 4.69) is 19.9 Å². The topological polar surface area (TPSA) is 91.0 Å². The number of carbonyl (C=O) groups excluding carboxylic acids is 1. The zero-order chi connectivity index (χ0) is 18.4. The minimum Gasteiger partial charge on any atom is -0.370 e. The number of rotatable bonds is 4. The molecule has 0 aromatic carbocycles. The van der Waals surface area contributed by atoms with Gasteiger partial charge in [0.15, 0.2) is 5.96 Å². The predicted molar refractivity (Wildman–Crippen MR) is 117 cm³/mol. The third kappa shape index (κ3) is 5.91. The van der Waals surface area contributed by atoms with E-state index in [4.69, 9.17) is 5.73 Å². The third-order valence-corrected chi connectivity index (χ3v) is 5.33. The minimum atomic E-state index is 0. The lowest BCUT2D eigenvalue weighted by molar-refractivity contribution is -0.130. The molecule has 1 aliphatic carbocycles. The molecule has 2 N–H and O–H groups in total. The molecule has 1 aromatic heterocycles. The summed E-state index contributed by atoms with van der Waals surface area (Å²) in [5, 5.41) is 0. The molecule has 1 aliphatic heterocycles. The Kier molecular flexibility index (Phi) is 8.52. The van der Waals surface area contributed by atoms with Crippen molar-refractivity contribution < 1.29 is 4.79 Å². The molecular formula is C18H30IN7O. The predicted octanol–water partition coefficient (Wildman–Crippen LogP) is 1.32. The number of piperazine rings is 1. The number of guanidine groups is 1. The van der Waals surface area contributed by atoms with Gasteiger partial charge in [-0.05, 0) is 18.9 Å². The third-order valence-electron chi connectivity index (χ3n) is 5.33. The van der Waals surface area contributed by atoms with Gasteiger partial charge in [0.05, 0.1) is 0 Å². The molecule has 1 amide bonds. The van der Waals surface area contributed by atoms with Gasteiger partial charge < -0.3 is 20.4 Å². The van der Waals surface area contributed by atoms with Crippen molar-refractivity contribution in [3.63, 3.8) is 0 Å². The fourth-order valence-electron chi connectivity index (χ4n) is 3.62. The summed E-state index contributed by atoms with van der Waals surface area (Å²) in [5.74, 6) is 1.24. The van der Waals surface area contributed by atoms with Crippen LogP contribution in [0.1, 0.15) is 32.1 Å². The number of anilines is 1. The van der Waals surface area contributed by atoms with E-state index >= 15 is 0 Å². The van der Waals surface area contributed by atoms with Crippen LogP contribution in [0.4, 0.5) is 5.95 Å². The van der Waals surface area contributed by atoms with E-state index in [1.165, 1.54) is 19.3 Å². The first-order valence-electron chi connectivity index (χ1n) is 9.47. The molecule has 1 saturated heterocycles. The largest absolute Gasteiger partial charge is 0.370 e. The van der Waals surface area contributed by atoms with E-state index in [1.807, 2.05) is 22.9 Å². The number of hydrogen-bond donors (Lipinski definition) is 1. The Labute approximate surface area is 178 Å². The number of amides is 1. The maximum absolute atomic E-state index is 12.4. The summed E-state index contributed by atoms with van der Waals surface area (Å²) in [6.07, 6.45) is 9.41. The highest BCUT2D eigenvalue weighted by molar-refractivity contribution is 14.0. The van der Waals surface area contributed by atoms with Crippen molar-refractivity contribution >= 4 is 41.8 Å². The van der Waals surface area contributed by atoms with Crippen molar-refractivity contribution in [3.8, 4) is 0 Å². The summed E-state index contributed by atoms with van der Waals surface area (Å²) < 4.78 is 0. The molecule has 0 atom stereocenters. The normalized spacial score (nSPS) is 18.8. The SMILES string of the molecule is CN(C(=O)CN=C(N)N1CCN(c2ncccn2)CC1)C1CCCCC1.I. The van der Waals surface area contributed by atoms with Gasteiger partial charge in [-0.1, -0.05) is 19.3 Å². The second-order valence-electron chi connectivity index (χ2n) is 6.99. The van der Waals surface area contributed by atoms with Crippen molar-refractivity contribution in [3.05, 3.63) is 18.5 Å². The number of carbonyl (C=O) groups is 1. The molecule has 3 rings (SSSR count). The van der Waals surface area contributed by atoms with Crippen LogP contribution in [0.3, 0.4) is 0 Å². The molecule has 2 fully saturated rings. The molecule has 2 aliphatic rings. The number of hydrogen-bond acceptors (Lipinski definition) is 5. The van der Waals surface area contributed by atoms with Gasteiger partial charge in [-0.15, -0.1) is 24.0 Å². The summed E-state index contributed by atoms with van der Waals surface area (Å²) in [6.45, 7) is 3.20. The Morgan fingerprint density at radius 1 is 1.19 bits per heavy atom. The first-order chi connectivity index (χ1) is 12.6. The summed E-state index contributed by atoms with van der Waals surface area (Å²) >= 11 is 0. The number of nitrogens with zero attached hydrogens (tertiary/aromatic N) is 6. The lowest BCUT2D eigenvalue weighted by Gasteiger charge is -2.35. The van der Waals surface area contributed by atoms with Crippen LogP contribution in [0.15, 0.2) is 23.5 Å². The van der Waals surface area contributed by atoms with Gasteiger partial charge in [0.25, 0.3) is 0 Å². The van der Waals surface area contributed by atoms with Crippen LogP contribution in [-0.2, 0) is 4.79 Å². The van der Waals surface area contributed by atoms with E-state index in [9.17, 15) is 4.79 Å². The molecule has 1 saturated carbocycles. The molecular weight excluding hydrogens is 457 g/mol. The molecule has 1 aromatic rings. The van der Waals surface area contributed by atoms with Crippen molar-refractivity contribution in [2.45, 2.75) is 38.1 Å². The summed E-state index contributed by atoms with van der Waals surface area (Å²) in [6, 6.07) is 2.17. The first kappa shape index (κ1) is 21.6. The Morgan fingerprint density at radius 2 is 1.81 bits per heavy atom. The summed E-state index contributed by atoms with van der Waals surface area (Å²) in [5.41, 5.74) is 6.11. The lowest BCUT2D eigenvalue weighted by Crippen LogP contribution is -2.51. The Hall–Kier alpha value is -1.65. The molecule has 2 heterocycles. The maximum Gasteiger partial charge on any atom is 0.244 e. The van der Waals surface area contributed by atoms with Gasteiger partial charge in [-0.3, -0.25) is 4.79 Å². The van der Waals surface area contributed by atoms with Crippen LogP contribution in [0, 0.1) is 0 Å². The van der Waals surface area contributed by atoms with Gasteiger partial charge in [0, 0.05) is 51.7 Å². The standard InChI is InChI=1S/C18H29N7O.HI/c1-23(15-6-3-2-4-7-15)16(26)14-22-17(19)24-10-12-25(13-11-24)18-20-8-5-9-21-18;/h5,8-9,15H,2-4,6-7,10-14H2,1H3,(H2,19,22);1H. The number of aliphatic imine (C=N–C) groups is 1. The Morgan fingerprint density at radius 3 is 2.44 bits per heavy atom. The highest BCUT2D eigenvalue weighted by Gasteiger charge is 2.23. The van der Waals surface area contributed by atoms with Gasteiger partial charge in [-0.2, -0.15) is 0 Å². The van der Waals surface area contributed by atoms with Crippen LogP contribution in [0.2, 0.25) is 0 Å². The smallest absolute Gasteiger partial charge is 0.244 e. The van der Waals surface area contributed by atoms with Crippen LogP contribution >= 0.6 is 24.0 Å². The summed E-state index contributed by atoms with van der Waals surface area (Å²) in [4.78, 5) is 31.3. The van der Waals surface area contributed by atoms with Crippen LogP contribution in [-0.4, -0.2) is 77.4 Å². The quantitative estimate of drug-likeness (QED) is 0.392. The van der Waals surface area contributed by atoms with Crippen molar-refractivity contribution in [2.24, 2.45) is 10.7 Å². The van der Waals surface area contributed by atoms with E-state index in [0.29, 0.717) is 12.0 Å². The lowest BCUT2D eigenvalue weighted by atomic mass is 9.94. The number of aromatic nitrogens is 2. The molecule has 0 spiro atoms. The van der Waals surface area contributed by atoms with Crippen LogP contribution in [0.5, 0.6) is 0 Å². The minimum absolute atomic E-state index is 0.